The van der Waals surface area contributed by atoms with Crippen LogP contribution < -0.4 is 4.74 Å². The molecule has 1 fully saturated rings. The third-order valence-corrected chi connectivity index (χ3v) is 4.44. The van der Waals surface area contributed by atoms with Gasteiger partial charge in [0.2, 0.25) is 12.2 Å². The second kappa shape index (κ2) is 7.19. The Bertz CT molecular complexity index is 966. The van der Waals surface area contributed by atoms with E-state index in [1.165, 1.54) is 34.4 Å². The first-order chi connectivity index (χ1) is 13.5. The minimum atomic E-state index is -0.699. The van der Waals surface area contributed by atoms with Crippen LogP contribution in [0.2, 0.25) is 0 Å². The molecular weight excluding hydrogens is 370 g/mol. The molecule has 2 aliphatic heterocycles. The van der Waals surface area contributed by atoms with Gasteiger partial charge in [-0.1, -0.05) is 6.57 Å². The zero-order valence-corrected chi connectivity index (χ0v) is 14.5. The molecule has 0 spiro atoms. The number of hydrazone groups is 1. The lowest BCUT2D eigenvalue weighted by Crippen LogP contribution is -2.58. The maximum absolute atomic E-state index is 13.5. The molecular formula is C18H14F2N6O2. The Labute approximate surface area is 158 Å². The van der Waals surface area contributed by atoms with Gasteiger partial charge in [-0.15, -0.1) is 4.98 Å². The Morgan fingerprint density at radius 2 is 1.93 bits per heavy atom. The normalized spacial score (nSPS) is 18.7. The van der Waals surface area contributed by atoms with E-state index in [1.54, 1.807) is 6.21 Å². The average Bonchev–Trinajstić information content (AvgIpc) is 3.13. The highest BCUT2D eigenvalue weighted by Gasteiger charge is 2.39. The summed E-state index contributed by atoms with van der Waals surface area (Å²) in [4.78, 5) is 25.1. The number of hydrogen-bond donors (Lipinski definition) is 0. The number of urea groups is 1. The molecule has 142 valence electrons. The van der Waals surface area contributed by atoms with Gasteiger partial charge in [-0.2, -0.15) is 10.1 Å². The molecule has 8 nitrogen and oxygen atoms in total. The van der Waals surface area contributed by atoms with Crippen molar-refractivity contribution in [2.75, 3.05) is 13.1 Å². The molecule has 1 aromatic carbocycles. The first-order valence-corrected chi connectivity index (χ1v) is 8.46. The first kappa shape index (κ1) is 17.8. The molecule has 0 N–H and O–H groups in total. The number of carbonyl (C=O) groups is 1. The van der Waals surface area contributed by atoms with Gasteiger partial charge in [0.25, 0.3) is 5.82 Å². The lowest BCUT2D eigenvalue weighted by molar-refractivity contribution is 0.0252. The minimum absolute atomic E-state index is 0.175. The summed E-state index contributed by atoms with van der Waals surface area (Å²) in [6, 6.07) is 3.70. The number of aromatic nitrogens is 2. The molecule has 2 aromatic rings. The molecule has 0 bridgehead atoms. The third kappa shape index (κ3) is 3.46. The molecule has 2 aliphatic rings. The number of amides is 2. The predicted octanol–water partition coefficient (Wildman–Crippen LogP) is 2.92. The van der Waals surface area contributed by atoms with E-state index in [0.717, 1.165) is 6.07 Å². The van der Waals surface area contributed by atoms with Crippen molar-refractivity contribution >= 4 is 18.1 Å². The molecule has 0 saturated carbocycles. The van der Waals surface area contributed by atoms with E-state index in [4.69, 9.17) is 11.3 Å². The fourth-order valence-corrected chi connectivity index (χ4v) is 3.08. The van der Waals surface area contributed by atoms with E-state index >= 15 is 0 Å². The quantitative estimate of drug-likeness (QED) is 0.763. The van der Waals surface area contributed by atoms with Gasteiger partial charge in [0.05, 0.1) is 19.1 Å². The summed E-state index contributed by atoms with van der Waals surface area (Å²) in [6.45, 7) is 7.57. The largest absolute Gasteiger partial charge is 0.471 e. The number of ether oxygens (including phenoxy) is 1. The Balaban J connectivity index is 1.38. The van der Waals surface area contributed by atoms with Crippen molar-refractivity contribution in [3.63, 3.8) is 0 Å². The van der Waals surface area contributed by atoms with Gasteiger partial charge in [0.15, 0.2) is 0 Å². The van der Waals surface area contributed by atoms with Crippen LogP contribution in [0.15, 0.2) is 35.7 Å². The van der Waals surface area contributed by atoms with Gasteiger partial charge in [0.1, 0.15) is 17.7 Å². The fraction of sp³-hybridized carbons (Fsp3) is 0.278. The van der Waals surface area contributed by atoms with Crippen molar-refractivity contribution in [2.45, 2.75) is 18.6 Å². The molecule has 0 aliphatic carbocycles. The molecule has 1 saturated heterocycles. The predicted molar refractivity (Wildman–Crippen MR) is 93.7 cm³/mol. The van der Waals surface area contributed by atoms with Crippen LogP contribution in [0, 0.1) is 18.2 Å². The van der Waals surface area contributed by atoms with Crippen LogP contribution in [0.1, 0.15) is 18.0 Å². The summed E-state index contributed by atoms with van der Waals surface area (Å²) in [6.07, 6.45) is 2.90. The Kier molecular flexibility index (Phi) is 4.57. The summed E-state index contributed by atoms with van der Waals surface area (Å²) >= 11 is 0. The number of hydrogen-bond acceptors (Lipinski definition) is 5. The maximum Gasteiger partial charge on any atom is 0.341 e. The first-order valence-electron chi connectivity index (χ1n) is 8.46. The molecule has 3 heterocycles. The highest BCUT2D eigenvalue weighted by atomic mass is 19.1. The van der Waals surface area contributed by atoms with Crippen LogP contribution in [0.3, 0.4) is 0 Å². The van der Waals surface area contributed by atoms with Gasteiger partial charge in [-0.25, -0.2) is 18.6 Å². The fourth-order valence-electron chi connectivity index (χ4n) is 3.08. The van der Waals surface area contributed by atoms with Gasteiger partial charge in [-0.05, 0) is 17.7 Å². The topological polar surface area (TPSA) is 75.3 Å². The number of likely N-dealkylation sites (tertiary alicyclic amines) is 1. The molecule has 1 atom stereocenters. The van der Waals surface area contributed by atoms with Crippen LogP contribution in [-0.2, 0) is 0 Å². The van der Waals surface area contributed by atoms with E-state index in [9.17, 15) is 13.6 Å². The van der Waals surface area contributed by atoms with Crippen molar-refractivity contribution in [3.05, 3.63) is 59.2 Å². The summed E-state index contributed by atoms with van der Waals surface area (Å²) in [5.41, 5.74) is 0.351. The monoisotopic (exact) mass is 384 g/mol. The SMILES string of the molecule is [C-]#[N+]c1cc(OC2CN(C(=O)N3N=CC[C@H]3c3cc(F)cc(F)c3)C2)ncn1. The third-order valence-electron chi connectivity index (χ3n) is 4.44. The highest BCUT2D eigenvalue weighted by Crippen LogP contribution is 2.31. The average molecular weight is 384 g/mol. The van der Waals surface area contributed by atoms with Crippen molar-refractivity contribution in [1.29, 1.82) is 0 Å². The van der Waals surface area contributed by atoms with E-state index < -0.39 is 17.7 Å². The Morgan fingerprint density at radius 3 is 2.64 bits per heavy atom. The Morgan fingerprint density at radius 1 is 1.18 bits per heavy atom. The van der Waals surface area contributed by atoms with Crippen molar-refractivity contribution < 1.29 is 18.3 Å². The molecule has 0 radical (unpaired) electrons. The van der Waals surface area contributed by atoms with Gasteiger partial charge in [0, 0.05) is 24.8 Å². The van der Waals surface area contributed by atoms with Gasteiger partial charge in [-0.3, -0.25) is 0 Å². The van der Waals surface area contributed by atoms with Crippen LogP contribution in [0.4, 0.5) is 19.4 Å². The standard InChI is InChI=1S/C18H14F2N6O2/c1-21-16-7-17(23-10-22-16)28-14-8-25(9-14)18(27)26-15(2-3-24-26)11-4-12(19)6-13(20)5-11/h3-7,10,14-15H,2,8-9H2/t15-/m0/s1. The number of nitrogens with zero attached hydrogens (tertiary/aromatic N) is 6. The molecule has 0 unspecified atom stereocenters. The van der Waals surface area contributed by atoms with Crippen molar-refractivity contribution in [2.24, 2.45) is 5.10 Å². The van der Waals surface area contributed by atoms with Crippen LogP contribution in [-0.4, -0.2) is 51.3 Å². The summed E-state index contributed by atoms with van der Waals surface area (Å²) in [5, 5.41) is 5.29. The second-order valence-corrected chi connectivity index (χ2v) is 6.35. The van der Waals surface area contributed by atoms with Crippen molar-refractivity contribution in [1.82, 2.24) is 19.9 Å². The summed E-state index contributed by atoms with van der Waals surface area (Å²) in [5.74, 6) is -0.954. The van der Waals surface area contributed by atoms with Gasteiger partial charge < -0.3 is 14.5 Å². The lowest BCUT2D eigenvalue weighted by atomic mass is 10.0. The van der Waals surface area contributed by atoms with Crippen LogP contribution in [0.5, 0.6) is 5.88 Å². The van der Waals surface area contributed by atoms with Crippen molar-refractivity contribution in [3.8, 4) is 5.88 Å². The van der Waals surface area contributed by atoms with Crippen LogP contribution >= 0.6 is 0 Å². The number of benzene rings is 1. The molecule has 1 aromatic heterocycles. The zero-order chi connectivity index (χ0) is 19.7. The number of rotatable bonds is 3. The molecule has 4 rings (SSSR count). The second-order valence-electron chi connectivity index (χ2n) is 6.35. The van der Waals surface area contributed by atoms with E-state index in [1.807, 2.05) is 0 Å². The Hall–Kier alpha value is -3.61. The van der Waals surface area contributed by atoms with Crippen LogP contribution in [0.25, 0.3) is 4.85 Å². The summed E-state index contributed by atoms with van der Waals surface area (Å²) < 4.78 is 32.7. The number of carbonyl (C=O) groups excluding carboxylic acids is 1. The van der Waals surface area contributed by atoms with E-state index in [-0.39, 0.29) is 23.8 Å². The molecule has 28 heavy (non-hydrogen) atoms. The lowest BCUT2D eigenvalue weighted by Gasteiger charge is -2.40. The van der Waals surface area contributed by atoms with E-state index in [0.29, 0.717) is 25.1 Å². The molecule has 10 heteroatoms. The van der Waals surface area contributed by atoms with E-state index in [2.05, 4.69) is 19.9 Å². The van der Waals surface area contributed by atoms with Gasteiger partial charge >= 0.3 is 6.03 Å². The number of halogens is 2. The summed E-state index contributed by atoms with van der Waals surface area (Å²) in [7, 11) is 0. The minimum Gasteiger partial charge on any atom is -0.471 e. The zero-order valence-electron chi connectivity index (χ0n) is 14.5. The molecule has 2 amide bonds. The highest BCUT2D eigenvalue weighted by molar-refractivity contribution is 5.79. The maximum atomic E-state index is 13.5. The smallest absolute Gasteiger partial charge is 0.341 e.